The standard InChI is InChI=1S/C14H10Cl2F2N2O/c1-6-2-3-7(15)13(11(6)16)20-14(21)10-8(17)4-5-9(19)12(10)18/h2-5H,19H2,1H3,(H,20,21). The van der Waals surface area contributed by atoms with Crippen molar-refractivity contribution in [3.63, 3.8) is 0 Å². The summed E-state index contributed by atoms with van der Waals surface area (Å²) in [7, 11) is 0. The molecule has 3 nitrogen and oxygen atoms in total. The van der Waals surface area contributed by atoms with Crippen molar-refractivity contribution in [1.82, 2.24) is 0 Å². The highest BCUT2D eigenvalue weighted by Crippen LogP contribution is 2.33. The number of anilines is 2. The van der Waals surface area contributed by atoms with Crippen molar-refractivity contribution in [2.24, 2.45) is 0 Å². The summed E-state index contributed by atoms with van der Waals surface area (Å²) in [5.74, 6) is -3.18. The molecule has 0 aliphatic heterocycles. The molecule has 110 valence electrons. The van der Waals surface area contributed by atoms with Gasteiger partial charge in [0, 0.05) is 0 Å². The van der Waals surface area contributed by atoms with E-state index in [0.29, 0.717) is 5.56 Å². The van der Waals surface area contributed by atoms with Gasteiger partial charge in [-0.1, -0.05) is 29.3 Å². The van der Waals surface area contributed by atoms with Crippen molar-refractivity contribution in [3.05, 3.63) is 57.1 Å². The summed E-state index contributed by atoms with van der Waals surface area (Å²) < 4.78 is 27.4. The summed E-state index contributed by atoms with van der Waals surface area (Å²) in [6.45, 7) is 1.70. The maximum absolute atomic E-state index is 13.8. The van der Waals surface area contributed by atoms with Gasteiger partial charge in [-0.05, 0) is 30.7 Å². The average Bonchev–Trinajstić information content (AvgIpc) is 2.44. The highest BCUT2D eigenvalue weighted by atomic mass is 35.5. The number of amides is 1. The van der Waals surface area contributed by atoms with E-state index >= 15 is 0 Å². The third-order valence-electron chi connectivity index (χ3n) is 2.87. The monoisotopic (exact) mass is 330 g/mol. The number of aryl methyl sites for hydroxylation is 1. The fourth-order valence-corrected chi connectivity index (χ4v) is 2.19. The van der Waals surface area contributed by atoms with Gasteiger partial charge >= 0.3 is 0 Å². The van der Waals surface area contributed by atoms with Crippen LogP contribution in [0.3, 0.4) is 0 Å². The van der Waals surface area contributed by atoms with Crippen LogP contribution in [0.2, 0.25) is 10.0 Å². The molecule has 3 N–H and O–H groups in total. The van der Waals surface area contributed by atoms with Gasteiger partial charge in [-0.25, -0.2) is 8.78 Å². The Hall–Kier alpha value is -1.85. The van der Waals surface area contributed by atoms with Gasteiger partial charge in [0.1, 0.15) is 11.4 Å². The molecule has 0 aromatic heterocycles. The van der Waals surface area contributed by atoms with E-state index in [2.05, 4.69) is 5.32 Å². The summed E-state index contributed by atoms with van der Waals surface area (Å²) in [4.78, 5) is 12.1. The number of carbonyl (C=O) groups excluding carboxylic acids is 1. The van der Waals surface area contributed by atoms with Crippen molar-refractivity contribution >= 4 is 40.5 Å². The van der Waals surface area contributed by atoms with Gasteiger partial charge in [-0.3, -0.25) is 4.79 Å². The Morgan fingerprint density at radius 3 is 2.52 bits per heavy atom. The quantitative estimate of drug-likeness (QED) is 0.801. The largest absolute Gasteiger partial charge is 0.396 e. The zero-order valence-electron chi connectivity index (χ0n) is 10.8. The van der Waals surface area contributed by atoms with Gasteiger partial charge in [0.05, 0.1) is 21.4 Å². The zero-order valence-corrected chi connectivity index (χ0v) is 12.3. The second-order valence-corrected chi connectivity index (χ2v) is 5.12. The van der Waals surface area contributed by atoms with Gasteiger partial charge in [0.2, 0.25) is 0 Å². The second-order valence-electron chi connectivity index (χ2n) is 4.33. The van der Waals surface area contributed by atoms with Crippen LogP contribution in [0.1, 0.15) is 15.9 Å². The third-order valence-corrected chi connectivity index (χ3v) is 3.67. The van der Waals surface area contributed by atoms with Crippen LogP contribution in [0.5, 0.6) is 0 Å². The minimum atomic E-state index is -1.13. The van der Waals surface area contributed by atoms with Gasteiger partial charge < -0.3 is 11.1 Å². The first-order valence-corrected chi connectivity index (χ1v) is 6.58. The third kappa shape index (κ3) is 2.94. The van der Waals surface area contributed by atoms with E-state index in [-0.39, 0.29) is 21.4 Å². The molecular weight excluding hydrogens is 321 g/mol. The highest BCUT2D eigenvalue weighted by Gasteiger charge is 2.21. The minimum absolute atomic E-state index is 0.0876. The predicted molar refractivity (Wildman–Crippen MR) is 79.9 cm³/mol. The summed E-state index contributed by atoms with van der Waals surface area (Å²) in [5.41, 5.74) is 4.96. The molecule has 2 rings (SSSR count). The van der Waals surface area contributed by atoms with E-state index in [9.17, 15) is 13.6 Å². The molecule has 0 saturated heterocycles. The van der Waals surface area contributed by atoms with Crippen LogP contribution in [0.4, 0.5) is 20.2 Å². The van der Waals surface area contributed by atoms with Crippen LogP contribution in [0.25, 0.3) is 0 Å². The van der Waals surface area contributed by atoms with Crippen LogP contribution < -0.4 is 11.1 Å². The van der Waals surface area contributed by atoms with Crippen molar-refractivity contribution in [1.29, 1.82) is 0 Å². The molecule has 7 heteroatoms. The number of nitrogens with one attached hydrogen (secondary N) is 1. The van der Waals surface area contributed by atoms with Gasteiger partial charge in [0.15, 0.2) is 5.82 Å². The lowest BCUT2D eigenvalue weighted by atomic mass is 10.1. The molecule has 0 atom stereocenters. The number of rotatable bonds is 2. The Morgan fingerprint density at radius 2 is 1.86 bits per heavy atom. The van der Waals surface area contributed by atoms with Crippen LogP contribution in [-0.2, 0) is 0 Å². The molecule has 2 aromatic rings. The highest BCUT2D eigenvalue weighted by molar-refractivity contribution is 6.40. The maximum atomic E-state index is 13.8. The van der Waals surface area contributed by atoms with Crippen molar-refractivity contribution < 1.29 is 13.6 Å². The number of hydrogen-bond acceptors (Lipinski definition) is 2. The Labute approximate surface area is 129 Å². The van der Waals surface area contributed by atoms with Gasteiger partial charge in [-0.2, -0.15) is 0 Å². The number of carbonyl (C=O) groups is 1. The number of halogens is 4. The van der Waals surface area contributed by atoms with E-state index in [0.717, 1.165) is 12.1 Å². The number of nitrogens with two attached hydrogens (primary N) is 1. The molecule has 0 aliphatic rings. The fraction of sp³-hybridized carbons (Fsp3) is 0.0714. The molecule has 1 amide bonds. The molecule has 21 heavy (non-hydrogen) atoms. The van der Waals surface area contributed by atoms with Crippen molar-refractivity contribution in [3.8, 4) is 0 Å². The molecule has 0 radical (unpaired) electrons. The number of hydrogen-bond donors (Lipinski definition) is 2. The summed E-state index contributed by atoms with van der Waals surface area (Å²) in [6.07, 6.45) is 0. The predicted octanol–water partition coefficient (Wildman–Crippen LogP) is 4.41. The Bertz CT molecular complexity index is 735. The Morgan fingerprint density at radius 1 is 1.19 bits per heavy atom. The summed E-state index contributed by atoms with van der Waals surface area (Å²) in [5, 5.41) is 2.66. The molecule has 2 aromatic carbocycles. The summed E-state index contributed by atoms with van der Waals surface area (Å²) >= 11 is 12.0. The number of nitrogen functional groups attached to an aromatic ring is 1. The lowest BCUT2D eigenvalue weighted by Crippen LogP contribution is -2.17. The Balaban J connectivity index is 2.45. The van der Waals surface area contributed by atoms with Crippen LogP contribution in [0.15, 0.2) is 24.3 Å². The fourth-order valence-electron chi connectivity index (χ4n) is 1.72. The topological polar surface area (TPSA) is 55.1 Å². The van der Waals surface area contributed by atoms with Gasteiger partial charge in [0.25, 0.3) is 5.91 Å². The molecule has 0 spiro atoms. The molecular formula is C14H10Cl2F2N2O. The molecule has 0 bridgehead atoms. The van der Waals surface area contributed by atoms with E-state index in [4.69, 9.17) is 28.9 Å². The van der Waals surface area contributed by atoms with Gasteiger partial charge in [-0.15, -0.1) is 0 Å². The second kappa shape index (κ2) is 5.87. The lowest BCUT2D eigenvalue weighted by molar-refractivity contribution is 0.101. The zero-order chi connectivity index (χ0) is 15.7. The SMILES string of the molecule is Cc1ccc(Cl)c(NC(=O)c2c(F)ccc(N)c2F)c1Cl. The molecule has 0 aliphatic carbocycles. The van der Waals surface area contributed by atoms with E-state index < -0.39 is 23.1 Å². The Kier molecular flexibility index (Phi) is 4.34. The van der Waals surface area contributed by atoms with E-state index in [1.165, 1.54) is 6.07 Å². The molecule has 0 unspecified atom stereocenters. The molecule has 0 fully saturated rings. The maximum Gasteiger partial charge on any atom is 0.261 e. The average molecular weight is 331 g/mol. The first-order chi connectivity index (χ1) is 9.82. The van der Waals surface area contributed by atoms with Crippen LogP contribution in [0, 0.1) is 18.6 Å². The van der Waals surface area contributed by atoms with Crippen molar-refractivity contribution in [2.45, 2.75) is 6.92 Å². The molecule has 0 heterocycles. The smallest absolute Gasteiger partial charge is 0.261 e. The van der Waals surface area contributed by atoms with E-state index in [1.807, 2.05) is 0 Å². The lowest BCUT2D eigenvalue weighted by Gasteiger charge is -2.12. The first kappa shape index (κ1) is 15.5. The first-order valence-electron chi connectivity index (χ1n) is 5.82. The van der Waals surface area contributed by atoms with Crippen LogP contribution >= 0.6 is 23.2 Å². The minimum Gasteiger partial charge on any atom is -0.396 e. The summed E-state index contributed by atoms with van der Waals surface area (Å²) in [6, 6.07) is 5.12. The van der Waals surface area contributed by atoms with Crippen molar-refractivity contribution in [2.75, 3.05) is 11.1 Å². The molecule has 0 saturated carbocycles. The van der Waals surface area contributed by atoms with Crippen LogP contribution in [-0.4, -0.2) is 5.91 Å². The normalized spacial score (nSPS) is 10.5. The number of benzene rings is 2. The van der Waals surface area contributed by atoms with E-state index in [1.54, 1.807) is 13.0 Å².